The summed E-state index contributed by atoms with van der Waals surface area (Å²) in [4.78, 5) is 44.9. The fraction of sp³-hybridized carbons (Fsp3) is 0.314. The molecule has 4 heterocycles. The summed E-state index contributed by atoms with van der Waals surface area (Å²) in [6, 6.07) is 38.6. The van der Waals surface area contributed by atoms with Crippen LogP contribution in [0.1, 0.15) is 68.7 Å². The maximum atomic E-state index is 13.2. The fourth-order valence-corrected chi connectivity index (χ4v) is 8.57. The van der Waals surface area contributed by atoms with Gasteiger partial charge in [-0.25, -0.2) is 9.59 Å². The van der Waals surface area contributed by atoms with Crippen LogP contribution in [0.15, 0.2) is 132 Å². The number of hydrogen-bond donors (Lipinski definition) is 5. The van der Waals surface area contributed by atoms with Crippen molar-refractivity contribution in [3.8, 4) is 11.5 Å². The number of aromatic hydroxyl groups is 1. The van der Waals surface area contributed by atoms with Gasteiger partial charge < -0.3 is 40.0 Å². The molecule has 5 N–H and O–H groups in total. The second kappa shape index (κ2) is 20.8. The SMILES string of the molecule is CN(CCOC(=O)c1ccc(COc2cccc([C@@H](NC(=O)O[C@H]3CN4CCC3CC4)c3ccccc3)c2)cc1)Cc1ccc(CNC[C@H](O)c2ccc(O)c3[nH]c(=O)ccc23)cc1. The number of fused-ring (bicyclic) bond motifs is 4. The van der Waals surface area contributed by atoms with Gasteiger partial charge in [-0.3, -0.25) is 14.6 Å². The van der Waals surface area contributed by atoms with Crippen molar-refractivity contribution >= 4 is 23.0 Å². The van der Waals surface area contributed by atoms with E-state index in [2.05, 4.69) is 37.6 Å². The van der Waals surface area contributed by atoms with Crippen LogP contribution in [-0.2, 0) is 29.2 Å². The summed E-state index contributed by atoms with van der Waals surface area (Å²) < 4.78 is 17.8. The molecule has 1 amide bonds. The lowest BCUT2D eigenvalue weighted by Crippen LogP contribution is -2.52. The zero-order chi connectivity index (χ0) is 44.4. The standard InChI is InChI=1S/C51H55N5O8/c1-55(31-35-12-10-34(11-13-35)29-52-30-45(58)42-18-20-44(57)49-43(42)19-21-47(59)53-49)26-27-62-50(60)39-16-14-36(15-17-39)33-63-41-9-5-8-40(28-41)48(38-6-3-2-4-7-38)54-51(61)64-46-32-56-24-22-37(46)23-25-56/h2-21,28,37,45-46,48,52,57-58H,22-27,29-33H2,1H3,(H,53,59)(H,54,61)/t45-,46-,48-/m0/s1. The summed E-state index contributed by atoms with van der Waals surface area (Å²) in [6.45, 7) is 5.54. The quantitative estimate of drug-likeness (QED) is 0.0575. The van der Waals surface area contributed by atoms with Gasteiger partial charge in [0.25, 0.3) is 0 Å². The van der Waals surface area contributed by atoms with Gasteiger partial charge >= 0.3 is 12.1 Å². The molecule has 3 atom stereocenters. The van der Waals surface area contributed by atoms with Crippen LogP contribution in [-0.4, -0.2) is 89.5 Å². The number of pyridine rings is 1. The normalized spacial score (nSPS) is 17.8. The van der Waals surface area contributed by atoms with Crippen molar-refractivity contribution in [2.24, 2.45) is 5.92 Å². The Kier molecular flexibility index (Phi) is 14.3. The zero-order valence-corrected chi connectivity index (χ0v) is 36.0. The minimum absolute atomic E-state index is 0.0447. The molecule has 0 unspecified atom stereocenters. The third-order valence-corrected chi connectivity index (χ3v) is 12.2. The average Bonchev–Trinajstić information content (AvgIpc) is 3.32. The molecule has 0 saturated carbocycles. The number of H-pyrrole nitrogens is 1. The van der Waals surface area contributed by atoms with E-state index >= 15 is 0 Å². The highest BCUT2D eigenvalue weighted by Gasteiger charge is 2.37. The van der Waals surface area contributed by atoms with E-state index in [4.69, 9.17) is 14.2 Å². The van der Waals surface area contributed by atoms with Crippen LogP contribution < -0.4 is 20.9 Å². The topological polar surface area (TPSA) is 166 Å². The summed E-state index contributed by atoms with van der Waals surface area (Å²) in [5.41, 5.74) is 5.92. The number of hydrogen-bond acceptors (Lipinski definition) is 11. The molecular formula is C51H55N5O8. The number of nitrogens with one attached hydrogen (secondary N) is 3. The predicted molar refractivity (Wildman–Crippen MR) is 244 cm³/mol. The number of phenols is 1. The number of amides is 1. The van der Waals surface area contributed by atoms with Gasteiger partial charge in [-0.05, 0) is 109 Å². The van der Waals surface area contributed by atoms with Crippen LogP contribution in [0, 0.1) is 5.92 Å². The first-order valence-corrected chi connectivity index (χ1v) is 21.9. The highest BCUT2D eigenvalue weighted by Crippen LogP contribution is 2.32. The Hall–Kier alpha value is -6.51. The third-order valence-electron chi connectivity index (χ3n) is 12.2. The Morgan fingerprint density at radius 3 is 2.34 bits per heavy atom. The molecule has 3 fully saturated rings. The highest BCUT2D eigenvalue weighted by molar-refractivity contribution is 5.89. The Morgan fingerprint density at radius 1 is 0.859 bits per heavy atom. The minimum atomic E-state index is -0.839. The second-order valence-electron chi connectivity index (χ2n) is 16.7. The number of aliphatic hydroxyl groups excluding tert-OH is 1. The van der Waals surface area contributed by atoms with Crippen LogP contribution in [0.2, 0.25) is 0 Å². The Morgan fingerprint density at radius 2 is 1.59 bits per heavy atom. The number of aromatic amines is 1. The molecule has 0 spiro atoms. The molecule has 3 aliphatic rings. The number of nitrogens with zero attached hydrogens (tertiary/aromatic N) is 2. The minimum Gasteiger partial charge on any atom is -0.506 e. The molecule has 3 aliphatic heterocycles. The van der Waals surface area contributed by atoms with Crippen molar-refractivity contribution in [3.63, 3.8) is 0 Å². The van der Waals surface area contributed by atoms with E-state index in [9.17, 15) is 24.6 Å². The number of aliphatic hydroxyl groups is 1. The molecule has 2 bridgehead atoms. The molecule has 64 heavy (non-hydrogen) atoms. The number of aromatic nitrogens is 1. The van der Waals surface area contributed by atoms with E-state index in [0.29, 0.717) is 59.9 Å². The summed E-state index contributed by atoms with van der Waals surface area (Å²) >= 11 is 0. The Labute approximate surface area is 372 Å². The van der Waals surface area contributed by atoms with Crippen molar-refractivity contribution in [1.29, 1.82) is 0 Å². The number of carbonyl (C=O) groups excluding carboxylic acids is 2. The van der Waals surface area contributed by atoms with Crippen molar-refractivity contribution in [2.75, 3.05) is 46.4 Å². The van der Waals surface area contributed by atoms with Crippen LogP contribution in [0.4, 0.5) is 4.79 Å². The maximum absolute atomic E-state index is 13.2. The molecular weight excluding hydrogens is 811 g/mol. The molecule has 13 heteroatoms. The first-order valence-electron chi connectivity index (χ1n) is 21.9. The van der Waals surface area contributed by atoms with Gasteiger partial charge in [0, 0.05) is 44.2 Å². The van der Waals surface area contributed by atoms with Gasteiger partial charge in [0.1, 0.15) is 30.8 Å². The average molecular weight is 866 g/mol. The maximum Gasteiger partial charge on any atom is 0.408 e. The number of phenolic OH excluding ortho intramolecular Hbond substituents is 1. The fourth-order valence-electron chi connectivity index (χ4n) is 8.57. The molecule has 6 aromatic rings. The number of ether oxygens (including phenoxy) is 3. The lowest BCUT2D eigenvalue weighted by atomic mass is 9.86. The number of alkyl carbamates (subject to hydrolysis) is 1. The Bertz CT molecular complexity index is 2560. The zero-order valence-electron chi connectivity index (χ0n) is 36.0. The number of benzene rings is 5. The first kappa shape index (κ1) is 44.1. The number of rotatable bonds is 18. The molecule has 0 radical (unpaired) electrons. The van der Waals surface area contributed by atoms with Gasteiger partial charge in [0.15, 0.2) is 0 Å². The van der Waals surface area contributed by atoms with E-state index in [-0.39, 0.29) is 30.6 Å². The van der Waals surface area contributed by atoms with Gasteiger partial charge in [0.05, 0.1) is 23.2 Å². The first-order chi connectivity index (χ1) is 31.1. The van der Waals surface area contributed by atoms with Crippen LogP contribution in [0.3, 0.4) is 0 Å². The number of likely N-dealkylation sites (N-methyl/N-ethyl adjacent to an activating group) is 1. The van der Waals surface area contributed by atoms with E-state index in [1.807, 2.05) is 85.9 Å². The molecule has 3 saturated heterocycles. The van der Waals surface area contributed by atoms with Gasteiger partial charge in [0.2, 0.25) is 5.56 Å². The van der Waals surface area contributed by atoms with E-state index in [1.54, 1.807) is 24.3 Å². The van der Waals surface area contributed by atoms with Crippen LogP contribution >= 0.6 is 0 Å². The highest BCUT2D eigenvalue weighted by atomic mass is 16.6. The Balaban J connectivity index is 0.758. The smallest absolute Gasteiger partial charge is 0.408 e. The van der Waals surface area contributed by atoms with E-state index < -0.39 is 24.2 Å². The van der Waals surface area contributed by atoms with Crippen molar-refractivity contribution < 1.29 is 34.0 Å². The summed E-state index contributed by atoms with van der Waals surface area (Å²) in [5, 5.41) is 28.0. The molecule has 0 aliphatic carbocycles. The van der Waals surface area contributed by atoms with Crippen molar-refractivity contribution in [1.82, 2.24) is 25.4 Å². The predicted octanol–water partition coefficient (Wildman–Crippen LogP) is 6.83. The van der Waals surface area contributed by atoms with Crippen molar-refractivity contribution in [2.45, 2.75) is 50.8 Å². The van der Waals surface area contributed by atoms with E-state index in [1.165, 1.54) is 12.1 Å². The molecule has 9 rings (SSSR count). The van der Waals surface area contributed by atoms with Crippen LogP contribution in [0.5, 0.6) is 11.5 Å². The summed E-state index contributed by atoms with van der Waals surface area (Å²) in [7, 11) is 1.98. The van der Waals surface area contributed by atoms with Crippen LogP contribution in [0.25, 0.3) is 10.9 Å². The number of carbonyl (C=O) groups is 2. The lowest BCUT2D eigenvalue weighted by Gasteiger charge is -2.43. The molecule has 5 aromatic carbocycles. The van der Waals surface area contributed by atoms with E-state index in [0.717, 1.165) is 60.3 Å². The lowest BCUT2D eigenvalue weighted by molar-refractivity contribution is -0.0336. The van der Waals surface area contributed by atoms with Gasteiger partial charge in [-0.15, -0.1) is 0 Å². The summed E-state index contributed by atoms with van der Waals surface area (Å²) in [6.07, 6.45) is 0.786. The largest absolute Gasteiger partial charge is 0.506 e. The molecule has 13 nitrogen and oxygen atoms in total. The second-order valence-corrected chi connectivity index (χ2v) is 16.7. The monoisotopic (exact) mass is 865 g/mol. The summed E-state index contributed by atoms with van der Waals surface area (Å²) in [5.74, 6) is 0.635. The molecule has 332 valence electrons. The van der Waals surface area contributed by atoms with Gasteiger partial charge in [-0.2, -0.15) is 0 Å². The number of piperidine rings is 3. The van der Waals surface area contributed by atoms with Gasteiger partial charge in [-0.1, -0.05) is 84.9 Å². The third kappa shape index (κ3) is 11.3. The number of esters is 1. The molecule has 1 aromatic heterocycles. The van der Waals surface area contributed by atoms with Crippen molar-refractivity contribution in [3.05, 3.63) is 177 Å².